The van der Waals surface area contributed by atoms with E-state index in [0.717, 1.165) is 37.4 Å². The zero-order valence-corrected chi connectivity index (χ0v) is 13.9. The molecule has 3 rings (SSSR count). The number of aryl methyl sites for hydroxylation is 1. The van der Waals surface area contributed by atoms with Crippen molar-refractivity contribution >= 4 is 0 Å². The van der Waals surface area contributed by atoms with Crippen LogP contribution >= 0.6 is 0 Å². The quantitative estimate of drug-likeness (QED) is 0.475. The average molecular weight is 316 g/mol. The van der Waals surface area contributed by atoms with Crippen molar-refractivity contribution in [3.05, 3.63) is 39.3 Å². The van der Waals surface area contributed by atoms with E-state index in [9.17, 15) is 0 Å². The van der Waals surface area contributed by atoms with E-state index in [1.54, 1.807) is 7.11 Å². The monoisotopic (exact) mass is 316 g/mol. The lowest BCUT2D eigenvalue weighted by molar-refractivity contribution is -0.0349. The van der Waals surface area contributed by atoms with E-state index in [2.05, 4.69) is 21.8 Å². The molecule has 1 aromatic rings. The molecule has 0 unspecified atom stereocenters. The van der Waals surface area contributed by atoms with Gasteiger partial charge >= 0.3 is 0 Å². The first-order chi connectivity index (χ1) is 11.2. The van der Waals surface area contributed by atoms with Gasteiger partial charge in [0.05, 0.1) is 25.9 Å². The minimum Gasteiger partial charge on any atom is -0.496 e. The van der Waals surface area contributed by atoms with Crippen molar-refractivity contribution < 1.29 is 9.47 Å². The van der Waals surface area contributed by atoms with Gasteiger partial charge < -0.3 is 14.4 Å². The fourth-order valence-electron chi connectivity index (χ4n) is 3.79. The second-order valence-corrected chi connectivity index (χ2v) is 6.35. The van der Waals surface area contributed by atoms with Gasteiger partial charge in [0, 0.05) is 23.4 Å². The van der Waals surface area contributed by atoms with E-state index in [4.69, 9.17) is 15.0 Å². The van der Waals surface area contributed by atoms with Crippen LogP contribution in [0.4, 0.5) is 0 Å². The van der Waals surface area contributed by atoms with Gasteiger partial charge in [-0.05, 0) is 55.6 Å². The average Bonchev–Trinajstić information content (AvgIpc) is 3.06. The minimum atomic E-state index is -0.183. The molecule has 0 radical (unpaired) electrons. The Kier molecular flexibility index (Phi) is 5.06. The van der Waals surface area contributed by atoms with E-state index in [1.165, 1.54) is 24.0 Å². The fourth-order valence-corrected chi connectivity index (χ4v) is 3.79. The predicted octanol–water partition coefficient (Wildman–Crippen LogP) is 3.39. The molecule has 0 N–H and O–H groups in total. The van der Waals surface area contributed by atoms with Crippen LogP contribution in [0.2, 0.25) is 0 Å². The van der Waals surface area contributed by atoms with E-state index in [0.29, 0.717) is 6.54 Å². The molecule has 0 aromatic heterocycles. The molecule has 6 nitrogen and oxygen atoms in total. The summed E-state index contributed by atoms with van der Waals surface area (Å²) in [5, 5.41) is 3.76. The maximum atomic E-state index is 8.68. The highest BCUT2D eigenvalue weighted by atomic mass is 16.5. The number of benzene rings is 1. The number of hydrogen-bond acceptors (Lipinski definition) is 4. The van der Waals surface area contributed by atoms with E-state index in [1.807, 2.05) is 12.1 Å². The Bertz CT molecular complexity index is 607. The summed E-state index contributed by atoms with van der Waals surface area (Å²) in [6.45, 7) is 5.64. The highest BCUT2D eigenvalue weighted by Crippen LogP contribution is 2.38. The van der Waals surface area contributed by atoms with Crippen LogP contribution in [-0.4, -0.2) is 44.3 Å². The van der Waals surface area contributed by atoms with Crippen LogP contribution in [-0.2, 0) is 11.2 Å². The first-order valence-corrected chi connectivity index (χ1v) is 8.28. The largest absolute Gasteiger partial charge is 0.496 e. The molecule has 23 heavy (non-hydrogen) atoms. The highest BCUT2D eigenvalue weighted by Gasteiger charge is 2.32. The van der Waals surface area contributed by atoms with E-state index >= 15 is 0 Å². The highest BCUT2D eigenvalue weighted by molar-refractivity contribution is 5.47. The second-order valence-electron chi connectivity index (χ2n) is 6.35. The molecule has 0 saturated carbocycles. The van der Waals surface area contributed by atoms with Crippen molar-refractivity contribution in [2.75, 3.05) is 33.3 Å². The summed E-state index contributed by atoms with van der Waals surface area (Å²) in [7, 11) is 1.71. The Balaban J connectivity index is 1.89. The Hall–Kier alpha value is -1.75. The maximum absolute atomic E-state index is 8.68. The molecular formula is C17H24N4O2. The molecule has 0 aliphatic carbocycles. The van der Waals surface area contributed by atoms with Crippen molar-refractivity contribution in [1.82, 2.24) is 4.90 Å². The molecule has 1 aromatic carbocycles. The van der Waals surface area contributed by atoms with Crippen molar-refractivity contribution in [2.24, 2.45) is 5.11 Å². The SMILES string of the molecule is COc1ccc(C)c2c1C[C@@H](CN1CCCC1)O[C@H]2CN=[N+]=[N-]. The number of fused-ring (bicyclic) bond motifs is 1. The molecular weight excluding hydrogens is 292 g/mol. The van der Waals surface area contributed by atoms with Gasteiger partial charge in [-0.15, -0.1) is 0 Å². The molecule has 124 valence electrons. The normalized spacial score (nSPS) is 24.1. The third kappa shape index (κ3) is 3.44. The summed E-state index contributed by atoms with van der Waals surface area (Å²) >= 11 is 0. The number of nitrogens with zero attached hydrogens (tertiary/aromatic N) is 4. The van der Waals surface area contributed by atoms with Crippen LogP contribution in [0.1, 0.15) is 35.6 Å². The number of rotatable bonds is 5. The second kappa shape index (κ2) is 7.21. The van der Waals surface area contributed by atoms with Crippen molar-refractivity contribution in [3.63, 3.8) is 0 Å². The Morgan fingerprint density at radius 1 is 1.39 bits per heavy atom. The third-order valence-electron chi connectivity index (χ3n) is 4.83. The van der Waals surface area contributed by atoms with Crippen molar-refractivity contribution in [3.8, 4) is 5.75 Å². The number of azide groups is 1. The summed E-state index contributed by atoms with van der Waals surface area (Å²) in [5.41, 5.74) is 12.2. The van der Waals surface area contributed by atoms with Crippen LogP contribution in [0.5, 0.6) is 5.75 Å². The number of likely N-dealkylation sites (tertiary alicyclic amines) is 1. The summed E-state index contributed by atoms with van der Waals surface area (Å²) < 4.78 is 11.9. The molecule has 1 saturated heterocycles. The zero-order chi connectivity index (χ0) is 16.2. The first kappa shape index (κ1) is 16.1. The van der Waals surface area contributed by atoms with Gasteiger partial charge in [-0.25, -0.2) is 0 Å². The molecule has 2 aliphatic rings. The summed E-state index contributed by atoms with van der Waals surface area (Å²) in [4.78, 5) is 5.37. The smallest absolute Gasteiger partial charge is 0.122 e. The first-order valence-electron chi connectivity index (χ1n) is 8.28. The Morgan fingerprint density at radius 3 is 2.87 bits per heavy atom. The third-order valence-corrected chi connectivity index (χ3v) is 4.83. The fraction of sp³-hybridized carbons (Fsp3) is 0.647. The summed E-state index contributed by atoms with van der Waals surface area (Å²) in [5.74, 6) is 0.909. The molecule has 2 heterocycles. The molecule has 1 fully saturated rings. The molecule has 2 atom stereocenters. The molecule has 0 amide bonds. The zero-order valence-electron chi connectivity index (χ0n) is 13.9. The number of hydrogen-bond donors (Lipinski definition) is 0. The van der Waals surface area contributed by atoms with Gasteiger partial charge in [-0.2, -0.15) is 0 Å². The van der Waals surface area contributed by atoms with E-state index < -0.39 is 0 Å². The van der Waals surface area contributed by atoms with Crippen LogP contribution in [0, 0.1) is 6.92 Å². The summed E-state index contributed by atoms with van der Waals surface area (Å²) in [6.07, 6.45) is 3.33. The molecule has 2 aliphatic heterocycles. The van der Waals surface area contributed by atoms with Gasteiger partial charge in [0.1, 0.15) is 5.75 Å². The van der Waals surface area contributed by atoms with Gasteiger partial charge in [0.25, 0.3) is 0 Å². The molecule has 0 spiro atoms. The lowest BCUT2D eigenvalue weighted by Gasteiger charge is -2.35. The Labute approximate surface area is 137 Å². The maximum Gasteiger partial charge on any atom is 0.122 e. The van der Waals surface area contributed by atoms with Crippen LogP contribution in [0.15, 0.2) is 17.2 Å². The topological polar surface area (TPSA) is 70.5 Å². The number of methoxy groups -OCH3 is 1. The van der Waals surface area contributed by atoms with Crippen LogP contribution < -0.4 is 4.74 Å². The van der Waals surface area contributed by atoms with Crippen LogP contribution in [0.25, 0.3) is 10.4 Å². The lowest BCUT2D eigenvalue weighted by Crippen LogP contribution is -2.38. The standard InChI is InChI=1S/C17H24N4O2/c1-12-5-6-15(22-2)14-9-13(11-21-7-3-4-8-21)23-16(17(12)14)10-19-20-18/h5-6,13,16H,3-4,7-11H2,1-2H3/t13-,16-/m0/s1. The van der Waals surface area contributed by atoms with Crippen LogP contribution in [0.3, 0.4) is 0 Å². The van der Waals surface area contributed by atoms with E-state index in [-0.39, 0.29) is 12.2 Å². The Morgan fingerprint density at radius 2 is 2.17 bits per heavy atom. The predicted molar refractivity (Wildman–Crippen MR) is 88.7 cm³/mol. The number of ether oxygens (including phenoxy) is 2. The van der Waals surface area contributed by atoms with Gasteiger partial charge in [0.15, 0.2) is 0 Å². The van der Waals surface area contributed by atoms with Crippen molar-refractivity contribution in [1.29, 1.82) is 0 Å². The summed E-state index contributed by atoms with van der Waals surface area (Å²) in [6, 6.07) is 4.07. The van der Waals surface area contributed by atoms with Gasteiger partial charge in [-0.1, -0.05) is 11.2 Å². The molecule has 0 bridgehead atoms. The lowest BCUT2D eigenvalue weighted by atomic mass is 9.89. The molecule has 6 heteroatoms. The van der Waals surface area contributed by atoms with Gasteiger partial charge in [0.2, 0.25) is 0 Å². The minimum absolute atomic E-state index is 0.121. The van der Waals surface area contributed by atoms with Crippen molar-refractivity contribution in [2.45, 2.75) is 38.4 Å². The van der Waals surface area contributed by atoms with Gasteiger partial charge in [-0.3, -0.25) is 0 Å².